The lowest BCUT2D eigenvalue weighted by atomic mass is 10.0. The summed E-state index contributed by atoms with van der Waals surface area (Å²) < 4.78 is 16.7. The highest BCUT2D eigenvalue weighted by Gasteiger charge is 2.31. The second-order valence-electron chi connectivity index (χ2n) is 10.6. The van der Waals surface area contributed by atoms with Gasteiger partial charge in [-0.3, -0.25) is 4.98 Å². The highest BCUT2D eigenvalue weighted by molar-refractivity contribution is 6.34. The molecule has 0 bridgehead atoms. The topological polar surface area (TPSA) is 94.1 Å². The Labute approximate surface area is 240 Å². The molecular weight excluding hydrogens is 532 g/mol. The minimum absolute atomic E-state index is 0.0290. The van der Waals surface area contributed by atoms with Crippen LogP contribution in [0.2, 0.25) is 5.02 Å². The average molecular weight is 567 g/mol. The van der Waals surface area contributed by atoms with Gasteiger partial charge in [-0.15, -0.1) is 0 Å². The van der Waals surface area contributed by atoms with Crippen LogP contribution < -0.4 is 9.64 Å². The van der Waals surface area contributed by atoms with Gasteiger partial charge in [-0.05, 0) is 63.9 Å². The van der Waals surface area contributed by atoms with Crippen molar-refractivity contribution in [1.82, 2.24) is 14.9 Å². The van der Waals surface area contributed by atoms with E-state index in [1.165, 1.54) is 7.11 Å². The first kappa shape index (κ1) is 29.1. The van der Waals surface area contributed by atoms with Crippen LogP contribution in [-0.4, -0.2) is 65.3 Å². The van der Waals surface area contributed by atoms with Crippen molar-refractivity contribution in [3.05, 3.63) is 65.1 Å². The summed E-state index contributed by atoms with van der Waals surface area (Å²) in [7, 11) is 1.30. The number of amides is 1. The molecule has 1 amide bonds. The Morgan fingerprint density at radius 2 is 1.85 bits per heavy atom. The van der Waals surface area contributed by atoms with Crippen LogP contribution in [0.15, 0.2) is 48.9 Å². The van der Waals surface area contributed by atoms with Crippen molar-refractivity contribution in [2.75, 3.05) is 31.6 Å². The first-order chi connectivity index (χ1) is 19.0. The van der Waals surface area contributed by atoms with Crippen molar-refractivity contribution in [2.24, 2.45) is 0 Å². The van der Waals surface area contributed by atoms with Crippen LogP contribution >= 0.6 is 11.6 Å². The van der Waals surface area contributed by atoms with Gasteiger partial charge in [0.25, 0.3) is 0 Å². The zero-order valence-corrected chi connectivity index (χ0v) is 24.5. The quantitative estimate of drug-likeness (QED) is 0.317. The molecule has 0 saturated carbocycles. The number of ether oxygens (including phenoxy) is 3. The van der Waals surface area contributed by atoms with E-state index in [0.717, 1.165) is 22.5 Å². The summed E-state index contributed by atoms with van der Waals surface area (Å²) in [5, 5.41) is 0.234. The van der Waals surface area contributed by atoms with Crippen LogP contribution in [0.5, 0.6) is 11.5 Å². The molecule has 0 radical (unpaired) electrons. The Morgan fingerprint density at radius 1 is 1.07 bits per heavy atom. The maximum Gasteiger partial charge on any atom is 0.410 e. The molecule has 1 aromatic carbocycles. The Balaban J connectivity index is 1.58. The highest BCUT2D eigenvalue weighted by Crippen LogP contribution is 2.38. The number of hydrogen-bond donors (Lipinski definition) is 0. The van der Waals surface area contributed by atoms with Gasteiger partial charge in [0.15, 0.2) is 5.75 Å². The Kier molecular flexibility index (Phi) is 8.83. The standard InChI is InChI=1S/C30H35ClN4O5/c1-7-20-15-32-17-24(39-23-10-8-9-22(31)27(23)28(36)38-6)26(20)21-11-12-25(33-16-21)34-13-14-35(19(2)18-34)29(37)40-30(3,4)5/h8-12,15-17,19H,7,13-14,18H2,1-6H3/t19-/m0/s1. The number of carbonyl (C=O) groups is 2. The number of hydrogen-bond acceptors (Lipinski definition) is 8. The fraction of sp³-hybridized carbons (Fsp3) is 0.400. The lowest BCUT2D eigenvalue weighted by Gasteiger charge is -2.40. The summed E-state index contributed by atoms with van der Waals surface area (Å²) in [4.78, 5) is 38.1. The predicted octanol–water partition coefficient (Wildman–Crippen LogP) is 6.38. The van der Waals surface area contributed by atoms with E-state index in [1.807, 2.05) is 46.8 Å². The Hall–Kier alpha value is -3.85. The van der Waals surface area contributed by atoms with Crippen molar-refractivity contribution >= 4 is 29.5 Å². The summed E-state index contributed by atoms with van der Waals surface area (Å²) in [6.07, 6.45) is 5.63. The number of carbonyl (C=O) groups excluding carboxylic acids is 2. The van der Waals surface area contributed by atoms with Crippen LogP contribution in [0.25, 0.3) is 11.1 Å². The van der Waals surface area contributed by atoms with Crippen molar-refractivity contribution in [3.8, 4) is 22.6 Å². The number of aryl methyl sites for hydroxylation is 1. The first-order valence-corrected chi connectivity index (χ1v) is 13.6. The maximum atomic E-state index is 12.6. The van der Waals surface area contributed by atoms with Crippen LogP contribution in [0.1, 0.15) is 50.5 Å². The second-order valence-corrected chi connectivity index (χ2v) is 11.0. The second kappa shape index (κ2) is 12.1. The number of pyridine rings is 2. The molecule has 212 valence electrons. The van der Waals surface area contributed by atoms with Crippen molar-refractivity contribution in [3.63, 3.8) is 0 Å². The molecule has 10 heteroatoms. The molecule has 1 aliphatic rings. The molecule has 3 aromatic rings. The molecule has 40 heavy (non-hydrogen) atoms. The van der Waals surface area contributed by atoms with E-state index in [1.54, 1.807) is 41.7 Å². The van der Waals surface area contributed by atoms with Gasteiger partial charge in [0, 0.05) is 49.2 Å². The number of rotatable bonds is 6. The number of esters is 1. The van der Waals surface area contributed by atoms with E-state index in [-0.39, 0.29) is 28.5 Å². The zero-order valence-electron chi connectivity index (χ0n) is 23.7. The summed E-state index contributed by atoms with van der Waals surface area (Å²) in [5.74, 6) is 0.976. The SMILES string of the molecule is CCc1cncc(Oc2cccc(Cl)c2C(=O)OC)c1-c1ccc(N2CCN(C(=O)OC(C)(C)C)[C@@H](C)C2)nc1. The van der Waals surface area contributed by atoms with E-state index in [9.17, 15) is 9.59 Å². The molecule has 1 aliphatic heterocycles. The minimum Gasteiger partial charge on any atom is -0.465 e. The number of aromatic nitrogens is 2. The van der Waals surface area contributed by atoms with Gasteiger partial charge >= 0.3 is 12.1 Å². The molecular formula is C30H35ClN4O5. The molecule has 1 fully saturated rings. The molecule has 3 heterocycles. The molecule has 9 nitrogen and oxygen atoms in total. The first-order valence-electron chi connectivity index (χ1n) is 13.2. The molecule has 2 aromatic heterocycles. The number of nitrogens with zero attached hydrogens (tertiary/aromatic N) is 4. The summed E-state index contributed by atoms with van der Waals surface area (Å²) >= 11 is 6.30. The van der Waals surface area contributed by atoms with Crippen molar-refractivity contribution in [1.29, 1.82) is 0 Å². The van der Waals surface area contributed by atoms with Gasteiger partial charge in [-0.1, -0.05) is 24.6 Å². The molecule has 0 spiro atoms. The number of piperazine rings is 1. The highest BCUT2D eigenvalue weighted by atomic mass is 35.5. The van der Waals surface area contributed by atoms with Gasteiger partial charge in [-0.25, -0.2) is 14.6 Å². The Bertz CT molecular complexity index is 1370. The van der Waals surface area contributed by atoms with E-state index in [2.05, 4.69) is 9.88 Å². The third-order valence-electron chi connectivity index (χ3n) is 6.57. The maximum absolute atomic E-state index is 12.6. The van der Waals surface area contributed by atoms with Crippen LogP contribution in [0.4, 0.5) is 10.6 Å². The van der Waals surface area contributed by atoms with E-state index in [4.69, 9.17) is 30.8 Å². The van der Waals surface area contributed by atoms with E-state index < -0.39 is 11.6 Å². The average Bonchev–Trinajstić information content (AvgIpc) is 2.91. The van der Waals surface area contributed by atoms with Gasteiger partial charge in [-0.2, -0.15) is 0 Å². The van der Waals surface area contributed by atoms with E-state index in [0.29, 0.717) is 31.8 Å². The normalized spacial score (nSPS) is 15.5. The number of halogens is 1. The molecule has 4 rings (SSSR count). The zero-order chi connectivity index (χ0) is 29.0. The number of anilines is 1. The van der Waals surface area contributed by atoms with Crippen molar-refractivity contribution < 1.29 is 23.8 Å². The fourth-order valence-corrected chi connectivity index (χ4v) is 4.88. The fourth-order valence-electron chi connectivity index (χ4n) is 4.64. The number of benzene rings is 1. The molecule has 1 saturated heterocycles. The van der Waals surface area contributed by atoms with Crippen LogP contribution in [0.3, 0.4) is 0 Å². The summed E-state index contributed by atoms with van der Waals surface area (Å²) in [5.41, 5.74) is 2.25. The molecule has 1 atom stereocenters. The minimum atomic E-state index is -0.589. The third-order valence-corrected chi connectivity index (χ3v) is 6.89. The summed E-state index contributed by atoms with van der Waals surface area (Å²) in [6.45, 7) is 11.5. The molecule has 0 N–H and O–H groups in total. The lowest BCUT2D eigenvalue weighted by Crippen LogP contribution is -2.55. The number of methoxy groups -OCH3 is 1. The van der Waals surface area contributed by atoms with Crippen molar-refractivity contribution in [2.45, 2.75) is 52.7 Å². The van der Waals surface area contributed by atoms with Crippen LogP contribution in [0, 0.1) is 0 Å². The van der Waals surface area contributed by atoms with Gasteiger partial charge < -0.3 is 24.0 Å². The molecule has 0 unspecified atom stereocenters. The van der Waals surface area contributed by atoms with Gasteiger partial charge in [0.05, 0.1) is 18.3 Å². The molecule has 0 aliphatic carbocycles. The van der Waals surface area contributed by atoms with E-state index >= 15 is 0 Å². The van der Waals surface area contributed by atoms with Gasteiger partial charge in [0.2, 0.25) is 0 Å². The van der Waals surface area contributed by atoms with Gasteiger partial charge in [0.1, 0.15) is 22.7 Å². The smallest absolute Gasteiger partial charge is 0.410 e. The third kappa shape index (κ3) is 6.47. The Morgan fingerprint density at radius 3 is 2.48 bits per heavy atom. The summed E-state index contributed by atoms with van der Waals surface area (Å²) in [6, 6.07) is 8.92. The largest absolute Gasteiger partial charge is 0.465 e. The lowest BCUT2D eigenvalue weighted by molar-refractivity contribution is 0.0158. The predicted molar refractivity (Wildman–Crippen MR) is 154 cm³/mol. The monoisotopic (exact) mass is 566 g/mol. The van der Waals surface area contributed by atoms with Crippen LogP contribution in [-0.2, 0) is 15.9 Å².